The van der Waals surface area contributed by atoms with Crippen molar-refractivity contribution in [2.24, 2.45) is 5.92 Å². The van der Waals surface area contributed by atoms with Crippen LogP contribution in [0.5, 0.6) is 0 Å². The topological polar surface area (TPSA) is 76.1 Å². The molecule has 1 fully saturated rings. The lowest BCUT2D eigenvalue weighted by atomic mass is 9.88. The maximum atomic E-state index is 12.9. The Labute approximate surface area is 171 Å². The molecule has 1 aromatic rings. The number of aliphatic hydroxyl groups is 1. The van der Waals surface area contributed by atoms with Crippen LogP contribution in [-0.4, -0.2) is 49.1 Å². The van der Waals surface area contributed by atoms with E-state index in [4.69, 9.17) is 9.47 Å². The van der Waals surface area contributed by atoms with Gasteiger partial charge in [0.15, 0.2) is 0 Å². The summed E-state index contributed by atoms with van der Waals surface area (Å²) in [5.74, 6) is -0.521. The number of aryl methyl sites for hydroxylation is 1. The molecule has 154 valence electrons. The summed E-state index contributed by atoms with van der Waals surface area (Å²) in [4.78, 5) is 27.1. The Bertz CT molecular complexity index is 894. The fraction of sp³-hybridized carbons (Fsp3) is 0.391. The average Bonchev–Trinajstić information content (AvgIpc) is 2.96. The fourth-order valence-electron chi connectivity index (χ4n) is 3.86. The van der Waals surface area contributed by atoms with Gasteiger partial charge in [-0.1, -0.05) is 42.8 Å². The molecule has 1 amide bonds. The number of Topliss-reactive ketones (excluding diaryl/α,β-unsaturated/α-hetero) is 1. The standard InChI is InChI=1S/C23H27NO5/c1-14-5-7-16(8-6-14)20-19(22(26)23(27)24(20)11-12-28-3)21(25)17-9-10-18(29-4)15(2)13-17/h5-10,15,20,25H,11-13H2,1-4H3. The van der Waals surface area contributed by atoms with Gasteiger partial charge in [-0.05, 0) is 30.6 Å². The molecule has 2 unspecified atom stereocenters. The number of amides is 1. The number of methoxy groups -OCH3 is 2. The van der Waals surface area contributed by atoms with Crippen LogP contribution in [0.3, 0.4) is 0 Å². The van der Waals surface area contributed by atoms with E-state index in [2.05, 4.69) is 0 Å². The quantitative estimate of drug-likeness (QED) is 0.452. The SMILES string of the molecule is COCCN1C(=O)C(=O)C(=C(O)C2=CC=C(OC)C(C)C2)C1c1ccc(C)cc1. The summed E-state index contributed by atoms with van der Waals surface area (Å²) in [7, 11) is 3.16. The molecule has 1 saturated heterocycles. The number of carbonyl (C=O) groups excluding carboxylic acids is 2. The minimum Gasteiger partial charge on any atom is -0.507 e. The maximum Gasteiger partial charge on any atom is 0.295 e. The molecule has 1 aliphatic carbocycles. The number of likely N-dealkylation sites (tertiary alicyclic amines) is 1. The summed E-state index contributed by atoms with van der Waals surface area (Å²) in [6.07, 6.45) is 4.07. The van der Waals surface area contributed by atoms with Crippen LogP contribution in [0.4, 0.5) is 0 Å². The van der Waals surface area contributed by atoms with Crippen molar-refractivity contribution in [2.45, 2.75) is 26.3 Å². The maximum absolute atomic E-state index is 12.9. The van der Waals surface area contributed by atoms with Crippen molar-refractivity contribution >= 4 is 11.7 Å². The van der Waals surface area contributed by atoms with Gasteiger partial charge in [0.2, 0.25) is 0 Å². The number of allylic oxidation sites excluding steroid dienone is 4. The molecular formula is C23H27NO5. The third kappa shape index (κ3) is 3.98. The second-order valence-corrected chi connectivity index (χ2v) is 7.47. The van der Waals surface area contributed by atoms with E-state index in [1.54, 1.807) is 26.4 Å². The molecule has 29 heavy (non-hydrogen) atoms. The van der Waals surface area contributed by atoms with E-state index in [9.17, 15) is 14.7 Å². The van der Waals surface area contributed by atoms with Crippen LogP contribution in [-0.2, 0) is 19.1 Å². The van der Waals surface area contributed by atoms with Crippen molar-refractivity contribution in [3.05, 3.63) is 70.2 Å². The van der Waals surface area contributed by atoms with Crippen molar-refractivity contribution in [1.82, 2.24) is 4.90 Å². The third-order valence-corrected chi connectivity index (χ3v) is 5.47. The lowest BCUT2D eigenvalue weighted by molar-refractivity contribution is -0.140. The first-order chi connectivity index (χ1) is 13.9. The number of ether oxygens (including phenoxy) is 2. The Morgan fingerprint density at radius 3 is 2.45 bits per heavy atom. The molecule has 1 N–H and O–H groups in total. The van der Waals surface area contributed by atoms with Crippen molar-refractivity contribution in [3.63, 3.8) is 0 Å². The number of hydrogen-bond acceptors (Lipinski definition) is 5. The van der Waals surface area contributed by atoms with Gasteiger partial charge in [-0.25, -0.2) is 0 Å². The van der Waals surface area contributed by atoms with Gasteiger partial charge in [0.25, 0.3) is 11.7 Å². The molecule has 6 nitrogen and oxygen atoms in total. The Morgan fingerprint density at radius 2 is 1.86 bits per heavy atom. The van der Waals surface area contributed by atoms with E-state index in [1.807, 2.05) is 38.1 Å². The zero-order valence-corrected chi connectivity index (χ0v) is 17.3. The molecule has 0 spiro atoms. The van der Waals surface area contributed by atoms with Gasteiger partial charge in [0.1, 0.15) is 5.76 Å². The molecule has 2 aliphatic rings. The van der Waals surface area contributed by atoms with Gasteiger partial charge >= 0.3 is 0 Å². The summed E-state index contributed by atoms with van der Waals surface area (Å²) in [6, 6.07) is 7.00. The predicted molar refractivity (Wildman–Crippen MR) is 109 cm³/mol. The second-order valence-electron chi connectivity index (χ2n) is 7.47. The Hall–Kier alpha value is -2.86. The molecule has 0 bridgehead atoms. The van der Waals surface area contributed by atoms with Crippen molar-refractivity contribution in [3.8, 4) is 0 Å². The predicted octanol–water partition coefficient (Wildman–Crippen LogP) is 3.40. The number of hydrogen-bond donors (Lipinski definition) is 1. The summed E-state index contributed by atoms with van der Waals surface area (Å²) in [5.41, 5.74) is 2.61. The minimum absolute atomic E-state index is 0.0670. The first-order valence-electron chi connectivity index (χ1n) is 9.68. The van der Waals surface area contributed by atoms with Crippen molar-refractivity contribution in [2.75, 3.05) is 27.4 Å². The van der Waals surface area contributed by atoms with Crippen LogP contribution < -0.4 is 0 Å². The van der Waals surface area contributed by atoms with Crippen molar-refractivity contribution < 1.29 is 24.2 Å². The van der Waals surface area contributed by atoms with E-state index in [0.29, 0.717) is 18.6 Å². The Kier molecular flexibility index (Phi) is 6.23. The molecule has 6 heteroatoms. The van der Waals surface area contributed by atoms with Crippen LogP contribution >= 0.6 is 0 Å². The molecule has 1 heterocycles. The number of carbonyl (C=O) groups is 2. The van der Waals surface area contributed by atoms with Gasteiger partial charge < -0.3 is 19.5 Å². The normalized spacial score (nSPS) is 23.8. The molecular weight excluding hydrogens is 370 g/mol. The lowest BCUT2D eigenvalue weighted by Gasteiger charge is -2.26. The summed E-state index contributed by atoms with van der Waals surface area (Å²) in [6.45, 7) is 4.53. The summed E-state index contributed by atoms with van der Waals surface area (Å²) < 4.78 is 10.5. The van der Waals surface area contributed by atoms with E-state index in [1.165, 1.54) is 4.90 Å². The van der Waals surface area contributed by atoms with Gasteiger partial charge in [-0.15, -0.1) is 0 Å². The van der Waals surface area contributed by atoms with E-state index >= 15 is 0 Å². The number of benzene rings is 1. The minimum atomic E-state index is -0.667. The van der Waals surface area contributed by atoms with Gasteiger partial charge in [-0.2, -0.15) is 0 Å². The first-order valence-corrected chi connectivity index (χ1v) is 9.68. The zero-order valence-electron chi connectivity index (χ0n) is 17.3. The van der Waals surface area contributed by atoms with E-state index in [0.717, 1.165) is 16.9 Å². The lowest BCUT2D eigenvalue weighted by Crippen LogP contribution is -2.32. The number of rotatable bonds is 6. The number of nitrogens with zero attached hydrogens (tertiary/aromatic N) is 1. The van der Waals surface area contributed by atoms with Gasteiger partial charge in [0, 0.05) is 19.6 Å². The first kappa shape index (κ1) is 20.9. The highest BCUT2D eigenvalue weighted by Crippen LogP contribution is 2.40. The zero-order chi connectivity index (χ0) is 21.1. The fourth-order valence-corrected chi connectivity index (χ4v) is 3.86. The van der Waals surface area contributed by atoms with Crippen LogP contribution in [0.2, 0.25) is 0 Å². The molecule has 0 saturated carbocycles. The average molecular weight is 397 g/mol. The highest BCUT2D eigenvalue weighted by molar-refractivity contribution is 6.45. The highest BCUT2D eigenvalue weighted by atomic mass is 16.5. The van der Waals surface area contributed by atoms with Gasteiger partial charge in [0.05, 0.1) is 31.1 Å². The molecule has 1 aliphatic heterocycles. The number of ketones is 1. The molecule has 0 radical (unpaired) electrons. The second kappa shape index (κ2) is 8.66. The Morgan fingerprint density at radius 1 is 1.17 bits per heavy atom. The highest BCUT2D eigenvalue weighted by Gasteiger charge is 2.46. The smallest absolute Gasteiger partial charge is 0.295 e. The summed E-state index contributed by atoms with van der Waals surface area (Å²) in [5, 5.41) is 11.1. The monoisotopic (exact) mass is 397 g/mol. The molecule has 2 atom stereocenters. The van der Waals surface area contributed by atoms with Crippen molar-refractivity contribution in [1.29, 1.82) is 0 Å². The number of aliphatic hydroxyl groups excluding tert-OH is 1. The van der Waals surface area contributed by atoms with Crippen LogP contribution in [0.15, 0.2) is 59.1 Å². The Balaban J connectivity index is 2.10. The third-order valence-electron chi connectivity index (χ3n) is 5.47. The molecule has 0 aromatic heterocycles. The van der Waals surface area contributed by atoms with E-state index < -0.39 is 17.7 Å². The van der Waals surface area contributed by atoms with Crippen LogP contribution in [0.1, 0.15) is 30.5 Å². The summed E-state index contributed by atoms with van der Waals surface area (Å²) >= 11 is 0. The van der Waals surface area contributed by atoms with Crippen LogP contribution in [0, 0.1) is 12.8 Å². The van der Waals surface area contributed by atoms with E-state index in [-0.39, 0.29) is 23.8 Å². The van der Waals surface area contributed by atoms with Gasteiger partial charge in [-0.3, -0.25) is 9.59 Å². The largest absolute Gasteiger partial charge is 0.507 e. The molecule has 3 rings (SSSR count). The molecule has 1 aromatic carbocycles. The van der Waals surface area contributed by atoms with Crippen LogP contribution in [0.25, 0.3) is 0 Å².